The lowest BCUT2D eigenvalue weighted by Gasteiger charge is -2.07. The number of carbonyl (C=O) groups excluding carboxylic acids is 1. The lowest BCUT2D eigenvalue weighted by atomic mass is 10.1. The van der Waals surface area contributed by atoms with Crippen molar-refractivity contribution in [2.45, 2.75) is 17.9 Å². The van der Waals surface area contributed by atoms with Crippen molar-refractivity contribution in [2.75, 3.05) is 19.4 Å². The minimum Gasteiger partial charge on any atom is -0.481 e. The molecule has 0 unspecified atom stereocenters. The topological polar surface area (TPSA) is 117 Å². The van der Waals surface area contributed by atoms with E-state index >= 15 is 0 Å². The van der Waals surface area contributed by atoms with Gasteiger partial charge in [0.05, 0.1) is 5.56 Å². The Hall–Kier alpha value is -2.65. The fraction of sp³-hybridized carbons (Fsp3) is 0.250. The maximum absolute atomic E-state index is 12.2. The largest absolute Gasteiger partial charge is 0.481 e. The summed E-state index contributed by atoms with van der Waals surface area (Å²) in [7, 11) is -1.03. The maximum atomic E-state index is 12.2. The molecule has 0 fully saturated rings. The van der Waals surface area contributed by atoms with Crippen molar-refractivity contribution in [1.29, 1.82) is 0 Å². The average Bonchev–Trinajstić information content (AvgIpc) is 3.04. The third-order valence-electron chi connectivity index (χ3n) is 3.38. The number of carboxylic acid groups (broad SMARTS) is 1. The van der Waals surface area contributed by atoms with Crippen LogP contribution in [0.25, 0.3) is 0 Å². The molecule has 2 aromatic rings. The van der Waals surface area contributed by atoms with Crippen LogP contribution >= 0.6 is 0 Å². The molecule has 1 aromatic carbocycles. The minimum absolute atomic E-state index is 0.00904. The summed E-state index contributed by atoms with van der Waals surface area (Å²) in [6, 6.07) is 7.93. The number of nitrogens with one attached hydrogen (secondary N) is 1. The van der Waals surface area contributed by atoms with Gasteiger partial charge in [-0.15, -0.1) is 0 Å². The van der Waals surface area contributed by atoms with Gasteiger partial charge in [-0.25, -0.2) is 12.7 Å². The fourth-order valence-corrected chi connectivity index (χ4v) is 2.82. The number of carbonyl (C=O) groups is 2. The number of sulfonamides is 1. The van der Waals surface area contributed by atoms with Crippen LogP contribution in [0.15, 0.2) is 46.1 Å². The molecule has 0 atom stereocenters. The molecule has 0 aliphatic rings. The summed E-state index contributed by atoms with van der Waals surface area (Å²) in [5.41, 5.74) is 1.31. The van der Waals surface area contributed by atoms with Crippen molar-refractivity contribution < 1.29 is 27.5 Å². The van der Waals surface area contributed by atoms with Crippen molar-refractivity contribution >= 4 is 27.6 Å². The van der Waals surface area contributed by atoms with Crippen LogP contribution in [0.1, 0.15) is 22.3 Å². The average molecular weight is 366 g/mol. The molecular weight excluding hydrogens is 348 g/mol. The summed E-state index contributed by atoms with van der Waals surface area (Å²) >= 11 is 0. The van der Waals surface area contributed by atoms with Gasteiger partial charge in [0, 0.05) is 32.3 Å². The van der Waals surface area contributed by atoms with Crippen molar-refractivity contribution in [3.63, 3.8) is 0 Å². The number of benzene rings is 1. The monoisotopic (exact) mass is 366 g/mol. The van der Waals surface area contributed by atoms with E-state index in [0.717, 1.165) is 22.2 Å². The number of anilines is 1. The maximum Gasteiger partial charge on any atom is 0.303 e. The van der Waals surface area contributed by atoms with Crippen LogP contribution in [0.5, 0.6) is 0 Å². The molecule has 0 saturated carbocycles. The van der Waals surface area contributed by atoms with E-state index in [4.69, 9.17) is 9.52 Å². The Morgan fingerprint density at radius 3 is 2.60 bits per heavy atom. The van der Waals surface area contributed by atoms with E-state index in [2.05, 4.69) is 5.32 Å². The molecule has 1 aromatic heterocycles. The molecule has 2 rings (SSSR count). The molecule has 0 radical (unpaired) electrons. The second-order valence-corrected chi connectivity index (χ2v) is 7.57. The molecule has 2 N–H and O–H groups in total. The van der Waals surface area contributed by atoms with Gasteiger partial charge in [0.25, 0.3) is 15.9 Å². The number of nitrogens with zero attached hydrogens (tertiary/aromatic N) is 1. The van der Waals surface area contributed by atoms with Gasteiger partial charge in [-0.1, -0.05) is 12.1 Å². The first kappa shape index (κ1) is 18.7. The summed E-state index contributed by atoms with van der Waals surface area (Å²) < 4.78 is 29.9. The highest BCUT2D eigenvalue weighted by atomic mass is 32.2. The predicted octanol–water partition coefficient (Wildman–Crippen LogP) is 1.80. The fourth-order valence-electron chi connectivity index (χ4n) is 2.01. The van der Waals surface area contributed by atoms with Crippen LogP contribution in [-0.2, 0) is 21.2 Å². The van der Waals surface area contributed by atoms with E-state index in [9.17, 15) is 18.0 Å². The molecule has 0 aliphatic heterocycles. The zero-order valence-electron chi connectivity index (χ0n) is 13.7. The molecule has 9 heteroatoms. The van der Waals surface area contributed by atoms with Gasteiger partial charge in [0.1, 0.15) is 6.26 Å². The zero-order valence-corrected chi connectivity index (χ0v) is 14.5. The van der Waals surface area contributed by atoms with E-state index in [1.54, 1.807) is 24.3 Å². The number of hydrogen-bond donors (Lipinski definition) is 2. The number of rotatable bonds is 7. The van der Waals surface area contributed by atoms with Gasteiger partial charge in [-0.05, 0) is 24.1 Å². The summed E-state index contributed by atoms with van der Waals surface area (Å²) in [6.07, 6.45) is 1.40. The Kier molecular flexibility index (Phi) is 5.60. The SMILES string of the molecule is CN(C)S(=O)(=O)c1cc(C(=O)Nc2cccc(CCC(=O)O)c2)co1. The number of hydrogen-bond acceptors (Lipinski definition) is 5. The van der Waals surface area contributed by atoms with Crippen LogP contribution < -0.4 is 5.32 Å². The number of furan rings is 1. The Labute approximate surface area is 145 Å². The van der Waals surface area contributed by atoms with Crippen molar-refractivity contribution in [3.05, 3.63) is 47.7 Å². The summed E-state index contributed by atoms with van der Waals surface area (Å²) in [4.78, 5) is 22.8. The second-order valence-electron chi connectivity index (χ2n) is 5.49. The highest BCUT2D eigenvalue weighted by Crippen LogP contribution is 2.19. The molecule has 0 aliphatic carbocycles. The number of amides is 1. The molecule has 134 valence electrons. The number of aliphatic carboxylic acids is 1. The quantitative estimate of drug-likeness (QED) is 0.772. The highest BCUT2D eigenvalue weighted by molar-refractivity contribution is 7.88. The summed E-state index contributed by atoms with van der Waals surface area (Å²) in [6.45, 7) is 0. The first-order chi connectivity index (χ1) is 11.7. The van der Waals surface area contributed by atoms with Crippen molar-refractivity contribution in [1.82, 2.24) is 4.31 Å². The Morgan fingerprint density at radius 1 is 1.24 bits per heavy atom. The number of carboxylic acids is 1. The standard InChI is InChI=1S/C16H18N2O6S/c1-18(2)25(22,23)15-9-12(10-24-15)16(21)17-13-5-3-4-11(8-13)6-7-14(19)20/h3-5,8-10H,6-7H2,1-2H3,(H,17,21)(H,19,20). The van der Waals surface area contributed by atoms with Crippen LogP contribution in [0, 0.1) is 0 Å². The van der Waals surface area contributed by atoms with Gasteiger partial charge in [-0.2, -0.15) is 0 Å². The molecular formula is C16H18N2O6S. The first-order valence-electron chi connectivity index (χ1n) is 7.33. The van der Waals surface area contributed by atoms with E-state index in [1.807, 2.05) is 0 Å². The Morgan fingerprint density at radius 2 is 1.96 bits per heavy atom. The predicted molar refractivity (Wildman–Crippen MR) is 89.9 cm³/mol. The van der Waals surface area contributed by atoms with E-state index in [-0.39, 0.29) is 17.1 Å². The zero-order chi connectivity index (χ0) is 18.6. The molecule has 8 nitrogen and oxygen atoms in total. The number of aryl methyl sites for hydroxylation is 1. The molecule has 1 heterocycles. The Balaban J connectivity index is 2.11. The van der Waals surface area contributed by atoms with Crippen molar-refractivity contribution in [2.24, 2.45) is 0 Å². The smallest absolute Gasteiger partial charge is 0.303 e. The van der Waals surface area contributed by atoms with Crippen molar-refractivity contribution in [3.8, 4) is 0 Å². The van der Waals surface area contributed by atoms with Crippen LogP contribution in [0.3, 0.4) is 0 Å². The van der Waals surface area contributed by atoms with Gasteiger partial charge < -0.3 is 14.8 Å². The van der Waals surface area contributed by atoms with E-state index in [1.165, 1.54) is 14.1 Å². The van der Waals surface area contributed by atoms with E-state index < -0.39 is 21.9 Å². The lowest BCUT2D eigenvalue weighted by molar-refractivity contribution is -0.136. The third kappa shape index (κ3) is 4.68. The third-order valence-corrected chi connectivity index (χ3v) is 5.07. The molecule has 0 bridgehead atoms. The molecule has 25 heavy (non-hydrogen) atoms. The van der Waals surface area contributed by atoms with Gasteiger partial charge in [-0.3, -0.25) is 9.59 Å². The molecule has 0 saturated heterocycles. The van der Waals surface area contributed by atoms with Gasteiger partial charge in [0.15, 0.2) is 0 Å². The van der Waals surface area contributed by atoms with Gasteiger partial charge >= 0.3 is 5.97 Å². The highest BCUT2D eigenvalue weighted by Gasteiger charge is 2.23. The summed E-state index contributed by atoms with van der Waals surface area (Å²) in [5, 5.41) is 11.0. The lowest BCUT2D eigenvalue weighted by Crippen LogP contribution is -2.21. The second kappa shape index (κ2) is 7.49. The van der Waals surface area contributed by atoms with Crippen LogP contribution in [-0.4, -0.2) is 43.8 Å². The minimum atomic E-state index is -3.75. The molecule has 0 spiro atoms. The van der Waals surface area contributed by atoms with Gasteiger partial charge in [0.2, 0.25) is 5.09 Å². The summed E-state index contributed by atoms with van der Waals surface area (Å²) in [5.74, 6) is -1.43. The van der Waals surface area contributed by atoms with Crippen LogP contribution in [0.4, 0.5) is 5.69 Å². The molecule has 1 amide bonds. The first-order valence-corrected chi connectivity index (χ1v) is 8.77. The Bertz CT molecular complexity index is 886. The van der Waals surface area contributed by atoms with E-state index in [0.29, 0.717) is 12.1 Å². The van der Waals surface area contributed by atoms with Crippen LogP contribution in [0.2, 0.25) is 0 Å². The normalized spacial score (nSPS) is 11.5.